The zero-order valence-corrected chi connectivity index (χ0v) is 7.85. The van der Waals surface area contributed by atoms with Gasteiger partial charge in [-0.1, -0.05) is 18.2 Å². The van der Waals surface area contributed by atoms with Crippen molar-refractivity contribution in [2.75, 3.05) is 19.6 Å². The summed E-state index contributed by atoms with van der Waals surface area (Å²) in [4.78, 5) is 6.16. The van der Waals surface area contributed by atoms with Gasteiger partial charge in [-0.2, -0.15) is 0 Å². The molecule has 0 aromatic rings. The van der Waals surface area contributed by atoms with Crippen molar-refractivity contribution >= 4 is 17.6 Å². The largest absolute Gasteiger partial charge is 0.370 e. The molecule has 4 heteroatoms. The zero-order valence-electron chi connectivity index (χ0n) is 7.09. The Hall–Kier alpha value is -0.700. The van der Waals surface area contributed by atoms with E-state index in [9.17, 15) is 0 Å². The molecule has 1 fully saturated rings. The predicted octanol–water partition coefficient (Wildman–Crippen LogP) is 1.15. The molecule has 3 nitrogen and oxygen atoms in total. The molecule has 12 heavy (non-hydrogen) atoms. The van der Waals surface area contributed by atoms with Crippen molar-refractivity contribution in [3.63, 3.8) is 0 Å². The fraction of sp³-hybridized carbons (Fsp3) is 0.625. The van der Waals surface area contributed by atoms with Crippen LogP contribution in [0.2, 0.25) is 0 Å². The van der Waals surface area contributed by atoms with Crippen molar-refractivity contribution in [3.8, 4) is 0 Å². The minimum Gasteiger partial charge on any atom is -0.370 e. The Labute approximate surface area is 77.9 Å². The van der Waals surface area contributed by atoms with E-state index in [-0.39, 0.29) is 0 Å². The van der Waals surface area contributed by atoms with E-state index in [4.69, 9.17) is 17.3 Å². The first-order chi connectivity index (χ1) is 5.70. The van der Waals surface area contributed by atoms with E-state index in [2.05, 4.69) is 16.5 Å². The molecule has 0 bridgehead atoms. The van der Waals surface area contributed by atoms with Gasteiger partial charge in [-0.25, -0.2) is 4.99 Å². The minimum atomic E-state index is 0.421. The van der Waals surface area contributed by atoms with Gasteiger partial charge in [0.2, 0.25) is 0 Å². The van der Waals surface area contributed by atoms with Crippen molar-refractivity contribution in [2.45, 2.75) is 12.8 Å². The lowest BCUT2D eigenvalue weighted by atomic mass is 10.4. The molecular weight excluding hydrogens is 174 g/mol. The molecular formula is C8H14ClN3. The van der Waals surface area contributed by atoms with Gasteiger partial charge in [0.05, 0.1) is 6.54 Å². The number of guanidine groups is 1. The van der Waals surface area contributed by atoms with Crippen LogP contribution in [0, 0.1) is 0 Å². The molecule has 68 valence electrons. The van der Waals surface area contributed by atoms with Crippen molar-refractivity contribution < 1.29 is 0 Å². The standard InChI is InChI=1S/C8H14ClN3/c1-7(9)6-11-8(10)12-4-2-3-5-12/h1-6H2,(H2,10,11). The SMILES string of the molecule is C=C(Cl)CN=C(N)N1CCCC1. The van der Waals surface area contributed by atoms with Crippen LogP contribution in [-0.4, -0.2) is 30.5 Å². The summed E-state index contributed by atoms with van der Waals surface area (Å²) in [5, 5.41) is 0.525. The Morgan fingerprint density at radius 2 is 2.08 bits per heavy atom. The van der Waals surface area contributed by atoms with Gasteiger partial charge < -0.3 is 10.6 Å². The van der Waals surface area contributed by atoms with E-state index in [0.717, 1.165) is 13.1 Å². The molecule has 1 rings (SSSR count). The molecule has 2 N–H and O–H groups in total. The third-order valence-electron chi connectivity index (χ3n) is 1.84. The van der Waals surface area contributed by atoms with E-state index in [1.165, 1.54) is 12.8 Å². The summed E-state index contributed by atoms with van der Waals surface area (Å²) in [6.07, 6.45) is 2.41. The average molecular weight is 188 g/mol. The van der Waals surface area contributed by atoms with Crippen LogP contribution in [0.15, 0.2) is 16.6 Å². The van der Waals surface area contributed by atoms with E-state index >= 15 is 0 Å². The molecule has 1 aliphatic rings. The molecule has 0 aliphatic carbocycles. The number of hydrogen-bond donors (Lipinski definition) is 1. The zero-order chi connectivity index (χ0) is 8.97. The Morgan fingerprint density at radius 1 is 1.50 bits per heavy atom. The lowest BCUT2D eigenvalue weighted by Crippen LogP contribution is -2.34. The van der Waals surface area contributed by atoms with Gasteiger partial charge in [-0.05, 0) is 12.8 Å². The Balaban J connectivity index is 2.39. The second-order valence-electron chi connectivity index (χ2n) is 2.89. The summed E-state index contributed by atoms with van der Waals surface area (Å²) in [6.45, 7) is 5.99. The van der Waals surface area contributed by atoms with Crippen LogP contribution in [0.25, 0.3) is 0 Å². The molecule has 0 spiro atoms. The van der Waals surface area contributed by atoms with Crippen molar-refractivity contribution in [2.24, 2.45) is 10.7 Å². The quantitative estimate of drug-likeness (QED) is 0.521. The van der Waals surface area contributed by atoms with E-state index in [1.807, 2.05) is 0 Å². The van der Waals surface area contributed by atoms with Crippen LogP contribution in [0.5, 0.6) is 0 Å². The van der Waals surface area contributed by atoms with Crippen molar-refractivity contribution in [1.29, 1.82) is 0 Å². The first-order valence-corrected chi connectivity index (χ1v) is 4.46. The molecule has 0 amide bonds. The number of hydrogen-bond acceptors (Lipinski definition) is 1. The smallest absolute Gasteiger partial charge is 0.191 e. The Bertz CT molecular complexity index is 194. The molecule has 0 atom stereocenters. The Morgan fingerprint density at radius 3 is 2.58 bits per heavy atom. The average Bonchev–Trinajstić information content (AvgIpc) is 2.51. The number of aliphatic imine (C=N–C) groups is 1. The molecule has 1 heterocycles. The molecule has 1 saturated heterocycles. The third kappa shape index (κ3) is 2.74. The van der Waals surface area contributed by atoms with Gasteiger partial charge in [0, 0.05) is 18.1 Å². The highest BCUT2D eigenvalue weighted by Crippen LogP contribution is 2.06. The second kappa shape index (κ2) is 4.36. The molecule has 0 saturated carbocycles. The highest BCUT2D eigenvalue weighted by atomic mass is 35.5. The minimum absolute atomic E-state index is 0.421. The number of halogens is 1. The first kappa shape index (κ1) is 9.39. The number of nitrogens with two attached hydrogens (primary N) is 1. The third-order valence-corrected chi connectivity index (χ3v) is 1.96. The van der Waals surface area contributed by atoms with Gasteiger partial charge in [0.25, 0.3) is 0 Å². The number of nitrogens with zero attached hydrogens (tertiary/aromatic N) is 2. The summed E-state index contributed by atoms with van der Waals surface area (Å²) in [6, 6.07) is 0. The fourth-order valence-electron chi connectivity index (χ4n) is 1.21. The monoisotopic (exact) mass is 187 g/mol. The van der Waals surface area contributed by atoms with Crippen LogP contribution in [0.4, 0.5) is 0 Å². The van der Waals surface area contributed by atoms with Gasteiger partial charge in [-0.3, -0.25) is 0 Å². The fourth-order valence-corrected chi connectivity index (χ4v) is 1.27. The summed E-state index contributed by atoms with van der Waals surface area (Å²) < 4.78 is 0. The maximum absolute atomic E-state index is 5.70. The highest BCUT2D eigenvalue weighted by Gasteiger charge is 2.12. The van der Waals surface area contributed by atoms with Gasteiger partial charge in [-0.15, -0.1) is 0 Å². The topological polar surface area (TPSA) is 41.6 Å². The van der Waals surface area contributed by atoms with Crippen LogP contribution in [0.3, 0.4) is 0 Å². The summed E-state index contributed by atoms with van der Waals surface area (Å²) >= 11 is 5.55. The van der Waals surface area contributed by atoms with E-state index < -0.39 is 0 Å². The highest BCUT2D eigenvalue weighted by molar-refractivity contribution is 6.29. The van der Waals surface area contributed by atoms with Crippen LogP contribution < -0.4 is 5.73 Å². The molecule has 0 aromatic heterocycles. The van der Waals surface area contributed by atoms with Gasteiger partial charge >= 0.3 is 0 Å². The van der Waals surface area contributed by atoms with Gasteiger partial charge in [0.15, 0.2) is 5.96 Å². The molecule has 0 unspecified atom stereocenters. The lowest BCUT2D eigenvalue weighted by Gasteiger charge is -2.15. The van der Waals surface area contributed by atoms with Crippen molar-refractivity contribution in [3.05, 3.63) is 11.6 Å². The van der Waals surface area contributed by atoms with Crippen molar-refractivity contribution in [1.82, 2.24) is 4.90 Å². The first-order valence-electron chi connectivity index (χ1n) is 4.08. The van der Waals surface area contributed by atoms with Crippen LogP contribution in [0.1, 0.15) is 12.8 Å². The predicted molar refractivity (Wildman–Crippen MR) is 52.3 cm³/mol. The summed E-state index contributed by atoms with van der Waals surface area (Å²) in [5.74, 6) is 0.592. The molecule has 1 aliphatic heterocycles. The second-order valence-corrected chi connectivity index (χ2v) is 3.42. The lowest BCUT2D eigenvalue weighted by molar-refractivity contribution is 0.511. The van der Waals surface area contributed by atoms with Crippen LogP contribution in [-0.2, 0) is 0 Å². The molecule has 0 aromatic carbocycles. The maximum atomic E-state index is 5.70. The van der Waals surface area contributed by atoms with Gasteiger partial charge in [0.1, 0.15) is 0 Å². The van der Waals surface area contributed by atoms with Crippen LogP contribution >= 0.6 is 11.6 Å². The van der Waals surface area contributed by atoms with E-state index in [1.54, 1.807) is 0 Å². The number of rotatable bonds is 2. The summed E-state index contributed by atoms with van der Waals surface area (Å²) in [5.41, 5.74) is 5.70. The maximum Gasteiger partial charge on any atom is 0.191 e. The number of likely N-dealkylation sites (tertiary alicyclic amines) is 1. The Kier molecular flexibility index (Phi) is 3.41. The normalized spacial score (nSPS) is 18.4. The van der Waals surface area contributed by atoms with E-state index in [0.29, 0.717) is 17.5 Å². The summed E-state index contributed by atoms with van der Waals surface area (Å²) in [7, 11) is 0. The molecule has 0 radical (unpaired) electrons.